The summed E-state index contributed by atoms with van der Waals surface area (Å²) in [5.41, 5.74) is 7.82. The predicted molar refractivity (Wildman–Crippen MR) is 242 cm³/mol. The van der Waals surface area contributed by atoms with Crippen LogP contribution in [0.4, 0.5) is 33.3 Å². The Morgan fingerprint density at radius 2 is 1.12 bits per heavy atom. The van der Waals surface area contributed by atoms with E-state index in [0.717, 1.165) is 0 Å². The van der Waals surface area contributed by atoms with E-state index in [1.807, 2.05) is 0 Å². The molecule has 4 heterocycles. The smallest absolute Gasteiger partial charge is 0.462 e. The number of anilines is 2. The molecule has 0 bridgehead atoms. The summed E-state index contributed by atoms with van der Waals surface area (Å²) in [6.07, 6.45) is 1.08. The quantitative estimate of drug-likeness (QED) is 0.0522. The SMILES string of the molecule is CNc1cccc(F)c1N.Cn1c(-c2ccc(-c3ccccc3F)o2)nc2c(F)cccc21.Fc1ccccc1Br.O=Cc1ccc(-c2ccccc2F)o1.O=Cc1ccc(B(O)O)o1. The molecule has 332 valence electrons. The van der Waals surface area contributed by atoms with Gasteiger partial charge in [-0.15, -0.1) is 0 Å². The molecule has 0 amide bonds. The van der Waals surface area contributed by atoms with Crippen LogP contribution in [0.3, 0.4) is 0 Å². The topological polar surface area (TPSA) is 170 Å². The standard InChI is InChI=1S/C18H12F2N2O.C11H7FO2.C7H9FN2.C6H4BrF.C5H5BO4/c1-22-14-8-4-7-13(20)17(14)21-18(22)16-10-9-15(23-16)11-5-2-3-6-12(11)19;12-10-4-2-1-3-9(10)11-6-5-8(7-13)14-11;1-10-6-4-2-3-5(8)7(6)9;7-5-3-1-2-4-6(5)8;7-3-4-1-2-5(10-4)6(8)9/h2-10H,1H3;1-7H;2-4,10H,9H2,1H3;1-4H;1-3,8-9H. The summed E-state index contributed by atoms with van der Waals surface area (Å²) in [5, 5.41) is 19.7. The monoisotopic (exact) mass is 954 g/mol. The van der Waals surface area contributed by atoms with E-state index >= 15 is 0 Å². The van der Waals surface area contributed by atoms with Gasteiger partial charge >= 0.3 is 7.12 Å². The molecule has 0 saturated carbocycles. The van der Waals surface area contributed by atoms with Crippen LogP contribution in [-0.4, -0.2) is 46.3 Å². The van der Waals surface area contributed by atoms with Crippen LogP contribution >= 0.6 is 15.9 Å². The van der Waals surface area contributed by atoms with E-state index in [0.29, 0.717) is 62.5 Å². The molecule has 0 saturated heterocycles. The van der Waals surface area contributed by atoms with Crippen LogP contribution in [0.1, 0.15) is 21.1 Å². The number of aldehydes is 2. The molecule has 0 aliphatic heterocycles. The van der Waals surface area contributed by atoms with Crippen molar-refractivity contribution in [2.45, 2.75) is 0 Å². The molecule has 0 unspecified atom stereocenters. The third-order valence-corrected chi connectivity index (χ3v) is 9.52. The molecule has 0 aliphatic carbocycles. The number of benzene rings is 5. The number of fused-ring (bicyclic) bond motifs is 1. The van der Waals surface area contributed by atoms with Crippen molar-refractivity contribution in [2.75, 3.05) is 18.1 Å². The highest BCUT2D eigenvalue weighted by atomic mass is 79.9. The van der Waals surface area contributed by atoms with Gasteiger partial charge in [-0.2, -0.15) is 0 Å². The minimum absolute atomic E-state index is 0.0258. The Bertz CT molecular complexity index is 2970. The lowest BCUT2D eigenvalue weighted by Crippen LogP contribution is -2.27. The van der Waals surface area contributed by atoms with E-state index in [1.54, 1.807) is 116 Å². The number of rotatable bonds is 7. The summed E-state index contributed by atoms with van der Waals surface area (Å²) >= 11 is 3.02. The number of hydrogen-bond donors (Lipinski definition) is 4. The van der Waals surface area contributed by atoms with Crippen molar-refractivity contribution in [2.24, 2.45) is 7.05 Å². The number of aromatic nitrogens is 2. The average molecular weight is 956 g/mol. The molecular weight excluding hydrogens is 918 g/mol. The minimum atomic E-state index is -1.64. The van der Waals surface area contributed by atoms with Gasteiger partial charge < -0.3 is 38.9 Å². The van der Waals surface area contributed by atoms with Crippen molar-refractivity contribution in [3.05, 3.63) is 191 Å². The van der Waals surface area contributed by atoms with Crippen LogP contribution in [0.15, 0.2) is 163 Å². The van der Waals surface area contributed by atoms with Gasteiger partial charge in [0.1, 0.15) is 46.0 Å². The fourth-order valence-electron chi connectivity index (χ4n) is 5.65. The number of nitrogens with one attached hydrogen (secondary N) is 1. The van der Waals surface area contributed by atoms with Crippen molar-refractivity contribution in [3.63, 3.8) is 0 Å². The first-order chi connectivity index (χ1) is 31.3. The van der Waals surface area contributed by atoms with Crippen molar-refractivity contribution in [1.29, 1.82) is 0 Å². The molecule has 4 aromatic heterocycles. The number of carbonyl (C=O) groups is 2. The second kappa shape index (κ2) is 23.2. The fourth-order valence-corrected chi connectivity index (χ4v) is 5.94. The largest absolute Gasteiger partial charge is 0.526 e. The number of para-hydroxylation sites is 2. The number of nitrogen functional groups attached to an aromatic ring is 1. The number of furan rings is 3. The molecule has 65 heavy (non-hydrogen) atoms. The van der Waals surface area contributed by atoms with Crippen molar-refractivity contribution in [1.82, 2.24) is 9.55 Å². The Kier molecular flexibility index (Phi) is 17.3. The third-order valence-electron chi connectivity index (χ3n) is 8.88. The van der Waals surface area contributed by atoms with Crippen LogP contribution in [-0.2, 0) is 7.05 Å². The predicted octanol–water partition coefficient (Wildman–Crippen LogP) is 10.5. The summed E-state index contributed by atoms with van der Waals surface area (Å²) in [6.45, 7) is 0. The van der Waals surface area contributed by atoms with Crippen molar-refractivity contribution >= 4 is 63.7 Å². The highest BCUT2D eigenvalue weighted by Crippen LogP contribution is 2.31. The summed E-state index contributed by atoms with van der Waals surface area (Å²) in [4.78, 5) is 24.6. The molecule has 11 nitrogen and oxygen atoms in total. The molecule has 0 aliphatic rings. The molecule has 0 radical (unpaired) electrons. The van der Waals surface area contributed by atoms with Crippen LogP contribution in [0.25, 0.3) is 45.3 Å². The number of hydrogen-bond acceptors (Lipinski definition) is 10. The molecular formula is C47H37BBrF5N4O7. The highest BCUT2D eigenvalue weighted by Gasteiger charge is 2.18. The number of carbonyl (C=O) groups excluding carboxylic acids is 2. The third kappa shape index (κ3) is 12.8. The number of nitrogens with zero attached hydrogens (tertiary/aromatic N) is 2. The molecule has 0 spiro atoms. The van der Waals surface area contributed by atoms with Crippen LogP contribution < -0.4 is 16.7 Å². The van der Waals surface area contributed by atoms with Gasteiger partial charge in [-0.05, 0) is 113 Å². The first-order valence-electron chi connectivity index (χ1n) is 19.0. The Balaban J connectivity index is 0.000000163. The van der Waals surface area contributed by atoms with Crippen molar-refractivity contribution < 1.29 is 54.8 Å². The minimum Gasteiger partial charge on any atom is -0.462 e. The van der Waals surface area contributed by atoms with Crippen LogP contribution in [0.5, 0.6) is 0 Å². The first kappa shape index (κ1) is 48.5. The average Bonchev–Trinajstić information content (AvgIpc) is 4.15. The Morgan fingerprint density at radius 3 is 1.62 bits per heavy atom. The zero-order valence-corrected chi connectivity index (χ0v) is 35.8. The number of halogens is 6. The maximum atomic E-state index is 13.9. The highest BCUT2D eigenvalue weighted by molar-refractivity contribution is 9.10. The van der Waals surface area contributed by atoms with Gasteiger partial charge in [0.25, 0.3) is 0 Å². The van der Waals surface area contributed by atoms with E-state index in [4.69, 9.17) is 24.6 Å². The summed E-state index contributed by atoms with van der Waals surface area (Å²) in [5.74, 6) is 0.310. The second-order valence-corrected chi connectivity index (χ2v) is 14.0. The van der Waals surface area contributed by atoms with E-state index in [9.17, 15) is 31.5 Å². The van der Waals surface area contributed by atoms with Crippen LogP contribution in [0, 0.1) is 29.1 Å². The van der Waals surface area contributed by atoms with Gasteiger partial charge in [0.2, 0.25) is 0 Å². The number of nitrogens with two attached hydrogens (primary N) is 1. The molecule has 18 heteroatoms. The van der Waals surface area contributed by atoms with E-state index in [1.165, 1.54) is 48.5 Å². The fraction of sp³-hybridized carbons (Fsp3) is 0.0426. The zero-order valence-electron chi connectivity index (χ0n) is 34.3. The Labute approximate surface area is 376 Å². The normalized spacial score (nSPS) is 10.2. The van der Waals surface area contributed by atoms with Gasteiger partial charge in [0.05, 0.1) is 32.5 Å². The number of imidazole rings is 1. The summed E-state index contributed by atoms with van der Waals surface area (Å²) in [7, 11) is 1.84. The zero-order chi connectivity index (χ0) is 47.0. The Morgan fingerprint density at radius 1 is 0.615 bits per heavy atom. The van der Waals surface area contributed by atoms with E-state index in [-0.39, 0.29) is 57.5 Å². The van der Waals surface area contributed by atoms with E-state index < -0.39 is 7.12 Å². The maximum Gasteiger partial charge on any atom is 0.526 e. The lowest BCUT2D eigenvalue weighted by Gasteiger charge is -2.03. The molecule has 0 fully saturated rings. The maximum absolute atomic E-state index is 13.9. The molecule has 5 N–H and O–H groups in total. The Hall–Kier alpha value is -7.54. The van der Waals surface area contributed by atoms with Gasteiger partial charge in [-0.3, -0.25) is 9.59 Å². The molecule has 9 aromatic rings. The van der Waals surface area contributed by atoms with Gasteiger partial charge in [0, 0.05) is 14.1 Å². The van der Waals surface area contributed by atoms with E-state index in [2.05, 4.69) is 30.6 Å². The van der Waals surface area contributed by atoms with Crippen molar-refractivity contribution in [3.8, 4) is 34.2 Å². The lowest BCUT2D eigenvalue weighted by molar-refractivity contribution is 0.109. The van der Waals surface area contributed by atoms with Gasteiger partial charge in [-0.25, -0.2) is 26.9 Å². The molecule has 0 atom stereocenters. The van der Waals surface area contributed by atoms with Gasteiger partial charge in [0.15, 0.2) is 41.5 Å². The second-order valence-electron chi connectivity index (χ2n) is 13.1. The molecule has 9 rings (SSSR count). The van der Waals surface area contributed by atoms with Gasteiger partial charge in [-0.1, -0.05) is 48.5 Å². The van der Waals surface area contributed by atoms with Crippen LogP contribution in [0.2, 0.25) is 0 Å². The number of aryl methyl sites for hydroxylation is 1. The summed E-state index contributed by atoms with van der Waals surface area (Å²) in [6, 6.07) is 37.7. The first-order valence-corrected chi connectivity index (χ1v) is 19.8. The lowest BCUT2D eigenvalue weighted by atomic mass is 9.88. The molecule has 5 aromatic carbocycles. The summed E-state index contributed by atoms with van der Waals surface area (Å²) < 4.78 is 83.6.